The van der Waals surface area contributed by atoms with Gasteiger partial charge in [0.15, 0.2) is 6.29 Å². The van der Waals surface area contributed by atoms with E-state index in [0.29, 0.717) is 0 Å². The Balaban J connectivity index is 1.08. The number of rotatable bonds is 4. The van der Waals surface area contributed by atoms with Gasteiger partial charge in [0, 0.05) is 16.2 Å². The topological polar surface area (TPSA) is 29.0 Å². The molecule has 0 bridgehead atoms. The van der Waals surface area contributed by atoms with Gasteiger partial charge in [-0.2, -0.15) is 0 Å². The summed E-state index contributed by atoms with van der Waals surface area (Å²) in [6.45, 7) is 4.72. The van der Waals surface area contributed by atoms with Crippen LogP contribution >= 0.6 is 0 Å². The second-order valence-electron chi connectivity index (χ2n) is 13.4. The third-order valence-electron chi connectivity index (χ3n) is 10.5. The molecule has 2 aliphatic carbocycles. The van der Waals surface area contributed by atoms with E-state index in [1.54, 1.807) is 0 Å². The zero-order valence-electron chi connectivity index (χ0n) is 26.3. The Labute approximate surface area is 270 Å². The Morgan fingerprint density at radius 1 is 0.630 bits per heavy atom. The van der Waals surface area contributed by atoms with Gasteiger partial charge in [-0.05, 0) is 99.5 Å². The molecule has 224 valence electrons. The van der Waals surface area contributed by atoms with Crippen molar-refractivity contribution in [3.05, 3.63) is 168 Å². The van der Waals surface area contributed by atoms with Crippen LogP contribution in [0, 0.1) is 0 Å². The van der Waals surface area contributed by atoms with Crippen LogP contribution in [0.25, 0.3) is 44.1 Å². The quantitative estimate of drug-likeness (QED) is 0.212. The molecule has 0 amide bonds. The SMILES string of the molecule is CC1(C)c2ccccc2-c2cc3c4ccccc4n(C4NC=CC(c5cccc(C6=CC=C(c7ccccc7)CC6)c5)N4)c3cc21. The van der Waals surface area contributed by atoms with E-state index in [9.17, 15) is 0 Å². The molecule has 0 spiro atoms. The van der Waals surface area contributed by atoms with Gasteiger partial charge in [0.2, 0.25) is 0 Å². The van der Waals surface area contributed by atoms with E-state index in [-0.39, 0.29) is 17.7 Å². The molecular weight excluding hydrogens is 558 g/mol. The van der Waals surface area contributed by atoms with Crippen molar-refractivity contribution < 1.29 is 0 Å². The van der Waals surface area contributed by atoms with E-state index in [1.165, 1.54) is 71.9 Å². The lowest BCUT2D eigenvalue weighted by Gasteiger charge is -2.31. The number of hydrogen-bond donors (Lipinski definition) is 2. The lowest BCUT2D eigenvalue weighted by Crippen LogP contribution is -2.40. The maximum Gasteiger partial charge on any atom is 0.160 e. The van der Waals surface area contributed by atoms with Crippen molar-refractivity contribution >= 4 is 33.0 Å². The van der Waals surface area contributed by atoms with E-state index in [2.05, 4.69) is 169 Å². The summed E-state index contributed by atoms with van der Waals surface area (Å²) < 4.78 is 2.46. The second kappa shape index (κ2) is 10.5. The molecule has 1 aromatic heterocycles. The second-order valence-corrected chi connectivity index (χ2v) is 13.4. The number of nitrogens with one attached hydrogen (secondary N) is 2. The average Bonchev–Trinajstić information content (AvgIpc) is 3.56. The highest BCUT2D eigenvalue weighted by atomic mass is 15.3. The highest BCUT2D eigenvalue weighted by Gasteiger charge is 2.36. The number of aromatic nitrogens is 1. The predicted molar refractivity (Wildman–Crippen MR) is 192 cm³/mol. The van der Waals surface area contributed by atoms with Crippen molar-refractivity contribution in [1.29, 1.82) is 0 Å². The van der Waals surface area contributed by atoms with Gasteiger partial charge in [-0.15, -0.1) is 0 Å². The Bertz CT molecular complexity index is 2250. The molecule has 1 aliphatic heterocycles. The molecule has 0 fully saturated rings. The van der Waals surface area contributed by atoms with Crippen LogP contribution in [0.15, 0.2) is 140 Å². The highest BCUT2D eigenvalue weighted by molar-refractivity contribution is 6.10. The molecule has 3 nitrogen and oxygen atoms in total. The third-order valence-corrected chi connectivity index (χ3v) is 10.5. The van der Waals surface area contributed by atoms with E-state index in [4.69, 9.17) is 0 Å². The fourth-order valence-corrected chi connectivity index (χ4v) is 8.05. The van der Waals surface area contributed by atoms with E-state index in [0.717, 1.165) is 12.8 Å². The number of benzene rings is 5. The first-order chi connectivity index (χ1) is 22.6. The lowest BCUT2D eigenvalue weighted by atomic mass is 9.82. The lowest BCUT2D eigenvalue weighted by molar-refractivity contribution is 0.342. The summed E-state index contributed by atoms with van der Waals surface area (Å²) in [5.41, 5.74) is 14.7. The molecule has 2 unspecified atom stereocenters. The first-order valence-corrected chi connectivity index (χ1v) is 16.5. The van der Waals surface area contributed by atoms with Crippen molar-refractivity contribution in [2.45, 2.75) is 44.4 Å². The van der Waals surface area contributed by atoms with Crippen LogP contribution < -0.4 is 10.6 Å². The molecule has 6 aromatic rings. The van der Waals surface area contributed by atoms with Crippen molar-refractivity contribution in [3.63, 3.8) is 0 Å². The highest BCUT2D eigenvalue weighted by Crippen LogP contribution is 2.51. The number of nitrogens with zero attached hydrogens (tertiary/aromatic N) is 1. The van der Waals surface area contributed by atoms with Crippen LogP contribution in [-0.4, -0.2) is 4.57 Å². The summed E-state index contributed by atoms with van der Waals surface area (Å²) in [7, 11) is 0. The van der Waals surface area contributed by atoms with Gasteiger partial charge >= 0.3 is 0 Å². The maximum absolute atomic E-state index is 3.95. The summed E-state index contributed by atoms with van der Waals surface area (Å²) in [5, 5.41) is 10.2. The van der Waals surface area contributed by atoms with Gasteiger partial charge in [-0.1, -0.05) is 117 Å². The van der Waals surface area contributed by atoms with Crippen molar-refractivity contribution in [1.82, 2.24) is 15.2 Å². The van der Waals surface area contributed by atoms with Crippen LogP contribution in [0.4, 0.5) is 0 Å². The summed E-state index contributed by atoms with van der Waals surface area (Å²) in [6.07, 6.45) is 11.0. The van der Waals surface area contributed by atoms with Crippen LogP contribution in [0.5, 0.6) is 0 Å². The van der Waals surface area contributed by atoms with Crippen molar-refractivity contribution in [2.75, 3.05) is 0 Å². The molecular formula is C43H37N3. The van der Waals surface area contributed by atoms with Gasteiger partial charge in [-0.25, -0.2) is 0 Å². The van der Waals surface area contributed by atoms with Gasteiger partial charge < -0.3 is 9.88 Å². The van der Waals surface area contributed by atoms with Crippen LogP contribution in [0.2, 0.25) is 0 Å². The maximum atomic E-state index is 3.95. The first kappa shape index (κ1) is 27.2. The van der Waals surface area contributed by atoms with E-state index >= 15 is 0 Å². The average molecular weight is 596 g/mol. The Morgan fingerprint density at radius 3 is 2.22 bits per heavy atom. The first-order valence-electron chi connectivity index (χ1n) is 16.5. The van der Waals surface area contributed by atoms with Gasteiger partial charge in [-0.3, -0.25) is 5.32 Å². The van der Waals surface area contributed by atoms with E-state index in [1.807, 2.05) is 0 Å². The number of allylic oxidation sites excluding steroid dienone is 4. The monoisotopic (exact) mass is 595 g/mol. The molecule has 46 heavy (non-hydrogen) atoms. The fourth-order valence-electron chi connectivity index (χ4n) is 8.05. The summed E-state index contributed by atoms with van der Waals surface area (Å²) in [4.78, 5) is 0. The number of para-hydroxylation sites is 1. The molecule has 2 N–H and O–H groups in total. The molecule has 3 heteroatoms. The standard InChI is InChI=1S/C43H37N3/c1-43(2)37-17-8-6-15-33(37)35-26-36-34-16-7-9-18-40(34)46(41(36)27-38(35)43)42-44-24-23-39(45-42)32-14-10-13-31(25-32)30-21-19-29(20-22-30)28-11-4-3-5-12-28/h3-19,21,23-27,39,42,44-45H,20,22H2,1-2H3. The predicted octanol–water partition coefficient (Wildman–Crippen LogP) is 10.3. The third kappa shape index (κ3) is 4.23. The van der Waals surface area contributed by atoms with Gasteiger partial charge in [0.1, 0.15) is 0 Å². The Kier molecular flexibility index (Phi) is 6.19. The largest absolute Gasteiger partial charge is 0.359 e. The van der Waals surface area contributed by atoms with E-state index < -0.39 is 0 Å². The Hall–Kier alpha value is -5.12. The van der Waals surface area contributed by atoms with Crippen LogP contribution in [0.1, 0.15) is 66.8 Å². The van der Waals surface area contributed by atoms with Crippen LogP contribution in [-0.2, 0) is 5.41 Å². The zero-order valence-corrected chi connectivity index (χ0v) is 26.3. The minimum absolute atomic E-state index is 0.0530. The smallest absolute Gasteiger partial charge is 0.160 e. The molecule has 9 rings (SSSR count). The summed E-state index contributed by atoms with van der Waals surface area (Å²) in [6, 6.07) is 42.5. The summed E-state index contributed by atoms with van der Waals surface area (Å²) >= 11 is 0. The Morgan fingerprint density at radius 2 is 1.37 bits per heavy atom. The van der Waals surface area contributed by atoms with Gasteiger partial charge in [0.05, 0.1) is 17.1 Å². The molecule has 0 saturated carbocycles. The number of fused-ring (bicyclic) bond motifs is 6. The molecule has 0 radical (unpaired) electrons. The normalized spacial score (nSPS) is 19.8. The summed E-state index contributed by atoms with van der Waals surface area (Å²) in [5.74, 6) is 0. The zero-order chi connectivity index (χ0) is 30.8. The van der Waals surface area contributed by atoms with Gasteiger partial charge in [0.25, 0.3) is 0 Å². The minimum Gasteiger partial charge on any atom is -0.359 e. The molecule has 3 aliphatic rings. The fraction of sp³-hybridized carbons (Fsp3) is 0.163. The van der Waals surface area contributed by atoms with Crippen molar-refractivity contribution in [2.24, 2.45) is 0 Å². The molecule has 2 atom stereocenters. The minimum atomic E-state index is -0.101. The molecule has 2 heterocycles. The number of hydrogen-bond acceptors (Lipinski definition) is 2. The van der Waals surface area contributed by atoms with Crippen molar-refractivity contribution in [3.8, 4) is 11.1 Å². The van der Waals surface area contributed by atoms with Crippen LogP contribution in [0.3, 0.4) is 0 Å². The molecule has 0 saturated heterocycles. The molecule has 5 aromatic carbocycles.